The molecular weight excluding hydrogens is 250 g/mol. The SMILES string of the molecule is CCC(CC)(CNC(=O)N(C)CC(=O)NC)C(=O)O. The average molecular weight is 273 g/mol. The number of rotatable bonds is 7. The zero-order valence-corrected chi connectivity index (χ0v) is 11.9. The number of nitrogens with zero attached hydrogens (tertiary/aromatic N) is 1. The smallest absolute Gasteiger partial charge is 0.317 e. The molecule has 0 saturated heterocycles. The predicted molar refractivity (Wildman–Crippen MR) is 70.7 cm³/mol. The van der Waals surface area contributed by atoms with Crippen LogP contribution < -0.4 is 10.6 Å². The monoisotopic (exact) mass is 273 g/mol. The highest BCUT2D eigenvalue weighted by Crippen LogP contribution is 2.25. The largest absolute Gasteiger partial charge is 0.481 e. The summed E-state index contributed by atoms with van der Waals surface area (Å²) in [6, 6.07) is -0.462. The van der Waals surface area contributed by atoms with Crippen molar-refractivity contribution in [1.29, 1.82) is 0 Å². The molecule has 0 bridgehead atoms. The fraction of sp³-hybridized carbons (Fsp3) is 0.750. The molecule has 7 heteroatoms. The second-order valence-corrected chi connectivity index (χ2v) is 4.48. The van der Waals surface area contributed by atoms with Crippen molar-refractivity contribution in [2.75, 3.05) is 27.2 Å². The van der Waals surface area contributed by atoms with Crippen LogP contribution in [0.3, 0.4) is 0 Å². The molecule has 0 aromatic carbocycles. The lowest BCUT2D eigenvalue weighted by Crippen LogP contribution is -2.48. The molecule has 0 radical (unpaired) electrons. The molecule has 3 N–H and O–H groups in total. The molecule has 0 saturated carbocycles. The van der Waals surface area contributed by atoms with E-state index in [9.17, 15) is 19.5 Å². The number of amides is 3. The first-order valence-electron chi connectivity index (χ1n) is 6.26. The molecule has 0 aromatic rings. The highest BCUT2D eigenvalue weighted by Gasteiger charge is 2.35. The molecule has 0 atom stereocenters. The van der Waals surface area contributed by atoms with Crippen LogP contribution in [0.5, 0.6) is 0 Å². The van der Waals surface area contributed by atoms with E-state index in [1.165, 1.54) is 19.0 Å². The Kier molecular flexibility index (Phi) is 6.89. The van der Waals surface area contributed by atoms with Gasteiger partial charge in [-0.1, -0.05) is 13.8 Å². The van der Waals surface area contributed by atoms with Crippen molar-refractivity contribution in [3.63, 3.8) is 0 Å². The molecule has 110 valence electrons. The summed E-state index contributed by atoms with van der Waals surface area (Å²) in [5, 5.41) is 14.2. The maximum Gasteiger partial charge on any atom is 0.317 e. The minimum absolute atomic E-state index is 0.0479. The van der Waals surface area contributed by atoms with Gasteiger partial charge in [0.2, 0.25) is 5.91 Å². The highest BCUT2D eigenvalue weighted by atomic mass is 16.4. The van der Waals surface area contributed by atoms with E-state index in [4.69, 9.17) is 0 Å². The van der Waals surface area contributed by atoms with Crippen molar-refractivity contribution in [3.05, 3.63) is 0 Å². The fourth-order valence-corrected chi connectivity index (χ4v) is 1.62. The van der Waals surface area contributed by atoms with Crippen LogP contribution in [-0.2, 0) is 9.59 Å². The van der Waals surface area contributed by atoms with Gasteiger partial charge in [0.05, 0.1) is 5.41 Å². The van der Waals surface area contributed by atoms with Crippen LogP contribution in [-0.4, -0.2) is 55.1 Å². The summed E-state index contributed by atoms with van der Waals surface area (Å²) in [5.74, 6) is -1.21. The van der Waals surface area contributed by atoms with E-state index in [0.29, 0.717) is 12.8 Å². The Bertz CT molecular complexity index is 340. The van der Waals surface area contributed by atoms with Crippen molar-refractivity contribution < 1.29 is 19.5 Å². The number of hydrogen-bond donors (Lipinski definition) is 3. The van der Waals surface area contributed by atoms with Gasteiger partial charge in [0.25, 0.3) is 0 Å². The molecule has 0 aromatic heterocycles. The number of urea groups is 1. The fourth-order valence-electron chi connectivity index (χ4n) is 1.62. The minimum atomic E-state index is -0.955. The Labute approximate surface area is 113 Å². The van der Waals surface area contributed by atoms with Crippen LogP contribution in [0.1, 0.15) is 26.7 Å². The van der Waals surface area contributed by atoms with Gasteiger partial charge in [-0.3, -0.25) is 9.59 Å². The maximum absolute atomic E-state index is 11.7. The number of likely N-dealkylation sites (N-methyl/N-ethyl adjacent to an activating group) is 2. The molecule has 3 amide bonds. The Balaban J connectivity index is 4.49. The molecule has 0 unspecified atom stereocenters. The van der Waals surface area contributed by atoms with E-state index in [1.807, 2.05) is 0 Å². The van der Waals surface area contributed by atoms with Crippen molar-refractivity contribution in [2.24, 2.45) is 5.41 Å². The van der Waals surface area contributed by atoms with Gasteiger partial charge in [0.1, 0.15) is 6.54 Å². The number of carboxylic acids is 1. The van der Waals surface area contributed by atoms with Gasteiger partial charge >= 0.3 is 12.0 Å². The van der Waals surface area contributed by atoms with Gasteiger partial charge in [0, 0.05) is 20.6 Å². The van der Waals surface area contributed by atoms with Crippen molar-refractivity contribution in [2.45, 2.75) is 26.7 Å². The first kappa shape index (κ1) is 17.2. The van der Waals surface area contributed by atoms with E-state index in [-0.39, 0.29) is 19.0 Å². The standard InChI is InChI=1S/C12H23N3O4/c1-5-12(6-2,10(17)18)8-14-11(19)15(4)7-9(16)13-3/h5-8H2,1-4H3,(H,13,16)(H,14,19)(H,17,18). The van der Waals surface area contributed by atoms with Gasteiger partial charge < -0.3 is 20.6 Å². The predicted octanol–water partition coefficient (Wildman–Crippen LogP) is 0.265. The second-order valence-electron chi connectivity index (χ2n) is 4.48. The van der Waals surface area contributed by atoms with Crippen molar-refractivity contribution in [1.82, 2.24) is 15.5 Å². The lowest BCUT2D eigenvalue weighted by Gasteiger charge is -2.28. The van der Waals surface area contributed by atoms with E-state index in [0.717, 1.165) is 0 Å². The van der Waals surface area contributed by atoms with Gasteiger partial charge in [-0.05, 0) is 12.8 Å². The molecule has 0 heterocycles. The third-order valence-corrected chi connectivity index (χ3v) is 3.39. The molecule has 0 rings (SSSR count). The molecule has 0 aliphatic carbocycles. The first-order chi connectivity index (χ1) is 8.82. The third-order valence-electron chi connectivity index (χ3n) is 3.39. The van der Waals surface area contributed by atoms with Gasteiger partial charge in [-0.15, -0.1) is 0 Å². The Morgan fingerprint density at radius 2 is 1.74 bits per heavy atom. The van der Waals surface area contributed by atoms with E-state index in [2.05, 4.69) is 10.6 Å². The zero-order chi connectivity index (χ0) is 15.1. The van der Waals surface area contributed by atoms with Gasteiger partial charge in [-0.25, -0.2) is 4.79 Å². The lowest BCUT2D eigenvalue weighted by atomic mass is 9.82. The van der Waals surface area contributed by atoms with Crippen molar-refractivity contribution in [3.8, 4) is 0 Å². The summed E-state index contributed by atoms with van der Waals surface area (Å²) in [4.78, 5) is 35.3. The summed E-state index contributed by atoms with van der Waals surface area (Å²) in [7, 11) is 2.96. The van der Waals surface area contributed by atoms with Crippen LogP contribution in [0.15, 0.2) is 0 Å². The van der Waals surface area contributed by atoms with E-state index < -0.39 is 17.4 Å². The van der Waals surface area contributed by atoms with Crippen LogP contribution >= 0.6 is 0 Å². The topological polar surface area (TPSA) is 98.7 Å². The Morgan fingerprint density at radius 3 is 2.11 bits per heavy atom. The number of carbonyl (C=O) groups excluding carboxylic acids is 2. The summed E-state index contributed by atoms with van der Waals surface area (Å²) < 4.78 is 0. The summed E-state index contributed by atoms with van der Waals surface area (Å²) in [6.45, 7) is 3.53. The summed E-state index contributed by atoms with van der Waals surface area (Å²) >= 11 is 0. The normalized spacial score (nSPS) is 10.7. The van der Waals surface area contributed by atoms with Crippen LogP contribution in [0.4, 0.5) is 4.79 Å². The zero-order valence-electron chi connectivity index (χ0n) is 11.9. The Morgan fingerprint density at radius 1 is 1.21 bits per heavy atom. The third kappa shape index (κ3) is 4.76. The summed E-state index contributed by atoms with van der Waals surface area (Å²) in [6.07, 6.45) is 0.858. The minimum Gasteiger partial charge on any atom is -0.481 e. The quantitative estimate of drug-likeness (QED) is 0.620. The van der Waals surface area contributed by atoms with Gasteiger partial charge in [0.15, 0.2) is 0 Å². The maximum atomic E-state index is 11.7. The van der Waals surface area contributed by atoms with Gasteiger partial charge in [-0.2, -0.15) is 0 Å². The number of nitrogens with one attached hydrogen (secondary N) is 2. The lowest BCUT2D eigenvalue weighted by molar-refractivity contribution is -0.149. The van der Waals surface area contributed by atoms with Crippen LogP contribution in [0, 0.1) is 5.41 Å². The molecule has 7 nitrogen and oxygen atoms in total. The highest BCUT2D eigenvalue weighted by molar-refractivity contribution is 5.84. The number of carbonyl (C=O) groups is 3. The van der Waals surface area contributed by atoms with Crippen molar-refractivity contribution >= 4 is 17.9 Å². The first-order valence-corrected chi connectivity index (χ1v) is 6.26. The molecule has 0 fully saturated rings. The number of carboxylic acid groups (broad SMARTS) is 1. The van der Waals surface area contributed by atoms with E-state index >= 15 is 0 Å². The molecule has 19 heavy (non-hydrogen) atoms. The van der Waals surface area contributed by atoms with Crippen LogP contribution in [0.2, 0.25) is 0 Å². The Hall–Kier alpha value is -1.79. The van der Waals surface area contributed by atoms with Crippen LogP contribution in [0.25, 0.3) is 0 Å². The average Bonchev–Trinajstić information content (AvgIpc) is 2.39. The summed E-state index contributed by atoms with van der Waals surface area (Å²) in [5.41, 5.74) is -0.955. The number of aliphatic carboxylic acids is 1. The molecular formula is C12H23N3O4. The molecule has 0 aliphatic rings. The number of hydrogen-bond acceptors (Lipinski definition) is 3. The van der Waals surface area contributed by atoms with E-state index in [1.54, 1.807) is 13.8 Å². The molecule has 0 aliphatic heterocycles. The molecule has 0 spiro atoms. The second kappa shape index (κ2) is 7.60.